The topological polar surface area (TPSA) is 66.0 Å². The summed E-state index contributed by atoms with van der Waals surface area (Å²) in [6.45, 7) is 4.42. The molecule has 1 atom stereocenters. The lowest BCUT2D eigenvalue weighted by Gasteiger charge is -2.27. The molecule has 2 rings (SSSR count). The fourth-order valence-corrected chi connectivity index (χ4v) is 3.31. The predicted octanol–water partition coefficient (Wildman–Crippen LogP) is 5.36. The van der Waals surface area contributed by atoms with E-state index < -0.39 is 0 Å². The highest BCUT2D eigenvalue weighted by Gasteiger charge is 2.23. The molecule has 25 heavy (non-hydrogen) atoms. The van der Waals surface area contributed by atoms with Gasteiger partial charge >= 0.3 is 0 Å². The minimum atomic E-state index is 0.247. The molecule has 0 aliphatic heterocycles. The van der Waals surface area contributed by atoms with Crippen molar-refractivity contribution in [3.63, 3.8) is 0 Å². The summed E-state index contributed by atoms with van der Waals surface area (Å²) >= 11 is 0. The van der Waals surface area contributed by atoms with E-state index in [4.69, 9.17) is 20.0 Å². The number of nitriles is 2. The van der Waals surface area contributed by atoms with Crippen molar-refractivity contribution in [1.82, 2.24) is 0 Å². The number of hydrogen-bond donors (Lipinski definition) is 0. The smallest absolute Gasteiger partial charge is 0.292 e. The van der Waals surface area contributed by atoms with E-state index in [2.05, 4.69) is 13.8 Å². The first kappa shape index (κ1) is 18.4. The highest BCUT2D eigenvalue weighted by atomic mass is 16.5. The second-order valence-electron chi connectivity index (χ2n) is 5.96. The van der Waals surface area contributed by atoms with E-state index in [0.717, 1.165) is 19.3 Å². The van der Waals surface area contributed by atoms with E-state index in [1.807, 2.05) is 48.5 Å². The molecule has 0 fully saturated rings. The van der Waals surface area contributed by atoms with E-state index in [1.54, 1.807) is 12.5 Å². The fraction of sp³-hybridized carbons (Fsp3) is 0.333. The molecule has 0 aliphatic carbocycles. The van der Waals surface area contributed by atoms with Gasteiger partial charge in [-0.1, -0.05) is 51.0 Å². The van der Waals surface area contributed by atoms with Crippen LogP contribution < -0.4 is 9.47 Å². The molecule has 4 heteroatoms. The quantitative estimate of drug-likeness (QED) is 0.609. The molecule has 0 saturated heterocycles. The Morgan fingerprint density at radius 3 is 1.56 bits per heavy atom. The second kappa shape index (κ2) is 9.35. The van der Waals surface area contributed by atoms with Gasteiger partial charge in [0.15, 0.2) is 0 Å². The number of rotatable bonds is 8. The van der Waals surface area contributed by atoms with Gasteiger partial charge < -0.3 is 9.47 Å². The van der Waals surface area contributed by atoms with Crippen LogP contribution in [0.1, 0.15) is 50.2 Å². The van der Waals surface area contributed by atoms with Crippen LogP contribution in [0.15, 0.2) is 48.5 Å². The first-order chi connectivity index (χ1) is 12.2. The maximum Gasteiger partial charge on any atom is 0.292 e. The first-order valence-corrected chi connectivity index (χ1v) is 8.55. The molecule has 2 aromatic rings. The summed E-state index contributed by atoms with van der Waals surface area (Å²) in [5.74, 6) is 1.85. The lowest BCUT2D eigenvalue weighted by molar-refractivity contribution is 0.415. The summed E-state index contributed by atoms with van der Waals surface area (Å²) in [5.41, 5.74) is 2.39. The molecule has 0 heterocycles. The van der Waals surface area contributed by atoms with E-state index in [-0.39, 0.29) is 5.92 Å². The van der Waals surface area contributed by atoms with E-state index in [0.29, 0.717) is 17.4 Å². The summed E-state index contributed by atoms with van der Waals surface area (Å²) in [6, 6.07) is 15.4. The van der Waals surface area contributed by atoms with Gasteiger partial charge in [-0.2, -0.15) is 0 Å². The van der Waals surface area contributed by atoms with Crippen molar-refractivity contribution in [1.29, 1.82) is 10.5 Å². The average Bonchev–Trinajstić information content (AvgIpc) is 2.64. The van der Waals surface area contributed by atoms with Crippen LogP contribution in [0.5, 0.6) is 11.5 Å². The highest BCUT2D eigenvalue weighted by molar-refractivity contribution is 5.39. The van der Waals surface area contributed by atoms with Crippen molar-refractivity contribution in [2.45, 2.75) is 39.0 Å². The van der Waals surface area contributed by atoms with Gasteiger partial charge in [-0.05, 0) is 47.7 Å². The van der Waals surface area contributed by atoms with Crippen molar-refractivity contribution in [3.05, 3.63) is 59.7 Å². The third-order valence-electron chi connectivity index (χ3n) is 4.46. The van der Waals surface area contributed by atoms with Crippen LogP contribution in [-0.4, -0.2) is 0 Å². The van der Waals surface area contributed by atoms with Crippen molar-refractivity contribution in [3.8, 4) is 24.0 Å². The molecule has 128 valence electrons. The SMILES string of the molecule is CCCC(CC)C(c1ccc(OC#N)cc1)c1ccc(OC#N)cc1. The maximum atomic E-state index is 8.64. The average molecular weight is 334 g/mol. The number of nitrogens with zero attached hydrogens (tertiary/aromatic N) is 2. The van der Waals surface area contributed by atoms with Gasteiger partial charge in [0.2, 0.25) is 0 Å². The summed E-state index contributed by atoms with van der Waals surface area (Å²) in [5, 5.41) is 17.3. The van der Waals surface area contributed by atoms with Crippen LogP contribution in [0.3, 0.4) is 0 Å². The van der Waals surface area contributed by atoms with Gasteiger partial charge in [0.25, 0.3) is 12.5 Å². The molecule has 1 unspecified atom stereocenters. The van der Waals surface area contributed by atoms with Gasteiger partial charge in [-0.25, -0.2) is 0 Å². The van der Waals surface area contributed by atoms with Gasteiger partial charge in [-0.3, -0.25) is 0 Å². The van der Waals surface area contributed by atoms with E-state index in [9.17, 15) is 0 Å². The number of hydrogen-bond acceptors (Lipinski definition) is 4. The summed E-state index contributed by atoms with van der Waals surface area (Å²) in [6.07, 6.45) is 6.73. The summed E-state index contributed by atoms with van der Waals surface area (Å²) in [7, 11) is 0. The molecule has 4 nitrogen and oxygen atoms in total. The van der Waals surface area contributed by atoms with Crippen LogP contribution in [0.4, 0.5) is 0 Å². The van der Waals surface area contributed by atoms with Crippen LogP contribution in [0.25, 0.3) is 0 Å². The van der Waals surface area contributed by atoms with Crippen molar-refractivity contribution < 1.29 is 9.47 Å². The number of benzene rings is 2. The maximum absolute atomic E-state index is 8.64. The molecule has 0 aromatic heterocycles. The number of ether oxygens (including phenoxy) is 2. The third kappa shape index (κ3) is 4.75. The Hall–Kier alpha value is -2.98. The Morgan fingerprint density at radius 1 is 0.800 bits per heavy atom. The predicted molar refractivity (Wildman–Crippen MR) is 95.9 cm³/mol. The zero-order valence-corrected chi connectivity index (χ0v) is 14.6. The minimum Gasteiger partial charge on any atom is -0.388 e. The Kier molecular flexibility index (Phi) is 6.87. The molecule has 0 bridgehead atoms. The monoisotopic (exact) mass is 334 g/mol. The molecule has 2 aromatic carbocycles. The molecular weight excluding hydrogens is 312 g/mol. The van der Waals surface area contributed by atoms with E-state index >= 15 is 0 Å². The lowest BCUT2D eigenvalue weighted by atomic mass is 9.77. The van der Waals surface area contributed by atoms with Crippen LogP contribution >= 0.6 is 0 Å². The standard InChI is InChI=1S/C21H22N2O2/c1-3-5-16(4-2)21(17-6-10-19(11-7-17)24-14-22)18-8-12-20(13-9-18)25-15-23/h6-13,16,21H,3-5H2,1-2H3. The third-order valence-corrected chi connectivity index (χ3v) is 4.46. The summed E-state index contributed by atoms with van der Waals surface area (Å²) < 4.78 is 9.76. The van der Waals surface area contributed by atoms with Gasteiger partial charge in [-0.15, -0.1) is 10.5 Å². The fourth-order valence-electron chi connectivity index (χ4n) is 3.31. The Balaban J connectivity index is 2.38. The van der Waals surface area contributed by atoms with Gasteiger partial charge in [0, 0.05) is 5.92 Å². The molecule has 0 amide bonds. The molecular formula is C21H22N2O2. The molecule has 0 saturated carbocycles. The largest absolute Gasteiger partial charge is 0.388 e. The Bertz CT molecular complexity index is 680. The normalized spacial score (nSPS) is 11.4. The summed E-state index contributed by atoms with van der Waals surface area (Å²) in [4.78, 5) is 0. The molecule has 0 aliphatic rings. The zero-order valence-electron chi connectivity index (χ0n) is 14.6. The molecule has 0 spiro atoms. The van der Waals surface area contributed by atoms with Gasteiger partial charge in [0.05, 0.1) is 0 Å². The lowest BCUT2D eigenvalue weighted by Crippen LogP contribution is -2.14. The van der Waals surface area contributed by atoms with Crippen molar-refractivity contribution >= 4 is 0 Å². The highest BCUT2D eigenvalue weighted by Crippen LogP contribution is 2.37. The van der Waals surface area contributed by atoms with Crippen LogP contribution in [0.2, 0.25) is 0 Å². The minimum absolute atomic E-state index is 0.247. The van der Waals surface area contributed by atoms with Crippen molar-refractivity contribution in [2.24, 2.45) is 5.92 Å². The Morgan fingerprint density at radius 2 is 1.24 bits per heavy atom. The van der Waals surface area contributed by atoms with Crippen LogP contribution in [-0.2, 0) is 0 Å². The molecule has 0 radical (unpaired) electrons. The first-order valence-electron chi connectivity index (χ1n) is 8.55. The molecule has 0 N–H and O–H groups in total. The second-order valence-corrected chi connectivity index (χ2v) is 5.96. The zero-order chi connectivity index (χ0) is 18.1. The van der Waals surface area contributed by atoms with Crippen molar-refractivity contribution in [2.75, 3.05) is 0 Å². The van der Waals surface area contributed by atoms with Gasteiger partial charge in [0.1, 0.15) is 11.5 Å². The Labute approximate surface area is 149 Å². The van der Waals surface area contributed by atoms with Crippen LogP contribution in [0, 0.1) is 29.0 Å². The van der Waals surface area contributed by atoms with E-state index in [1.165, 1.54) is 11.1 Å².